The second-order valence-electron chi connectivity index (χ2n) is 4.00. The van der Waals surface area contributed by atoms with Crippen LogP contribution in [0.25, 0.3) is 0 Å². The van der Waals surface area contributed by atoms with Crippen LogP contribution >= 0.6 is 11.3 Å². The van der Waals surface area contributed by atoms with Gasteiger partial charge in [-0.1, -0.05) is 13.0 Å². The largest absolute Gasteiger partial charge is 0.469 e. The van der Waals surface area contributed by atoms with Crippen LogP contribution in [-0.2, 0) is 26.1 Å². The fourth-order valence-electron chi connectivity index (χ4n) is 1.61. The molecule has 0 aliphatic rings. The lowest BCUT2D eigenvalue weighted by molar-refractivity contribution is -0.140. The Morgan fingerprint density at radius 1 is 1.47 bits per heavy atom. The van der Waals surface area contributed by atoms with Gasteiger partial charge in [0.25, 0.3) is 0 Å². The molecular weight excluding hydrogens is 286 g/mol. The quantitative estimate of drug-likeness (QED) is 0.688. The third kappa shape index (κ3) is 5.30. The minimum absolute atomic E-state index is 0.0265. The lowest BCUT2D eigenvalue weighted by Gasteiger charge is -2.19. The Bertz CT molecular complexity index is 482. The molecule has 0 fully saturated rings. The first kappa shape index (κ1) is 16.1. The fraction of sp³-hybridized carbons (Fsp3) is 0.583. The van der Waals surface area contributed by atoms with E-state index in [9.17, 15) is 13.2 Å². The van der Waals surface area contributed by atoms with Crippen LogP contribution in [0.2, 0.25) is 0 Å². The normalized spacial score (nSPS) is 11.7. The van der Waals surface area contributed by atoms with Crippen molar-refractivity contribution in [3.05, 3.63) is 22.4 Å². The third-order valence-electron chi connectivity index (χ3n) is 2.67. The maximum Gasteiger partial charge on any atom is 0.305 e. The second kappa shape index (κ2) is 7.62. The van der Waals surface area contributed by atoms with Crippen molar-refractivity contribution in [3.63, 3.8) is 0 Å². The zero-order valence-electron chi connectivity index (χ0n) is 11.2. The smallest absolute Gasteiger partial charge is 0.305 e. The van der Waals surface area contributed by atoms with Gasteiger partial charge in [0, 0.05) is 24.4 Å². The summed E-state index contributed by atoms with van der Waals surface area (Å²) < 4.78 is 30.2. The molecule has 1 rings (SSSR count). The van der Waals surface area contributed by atoms with Crippen LogP contribution in [0.4, 0.5) is 0 Å². The molecule has 1 heterocycles. The summed E-state index contributed by atoms with van der Waals surface area (Å²) in [7, 11) is -2.02. The highest BCUT2D eigenvalue weighted by atomic mass is 32.2. The monoisotopic (exact) mass is 305 g/mol. The van der Waals surface area contributed by atoms with Crippen molar-refractivity contribution < 1.29 is 17.9 Å². The van der Waals surface area contributed by atoms with Gasteiger partial charge in [-0.15, -0.1) is 11.3 Å². The molecular formula is C12H19NO4S2. The summed E-state index contributed by atoms with van der Waals surface area (Å²) in [5.74, 6) is -0.405. The summed E-state index contributed by atoms with van der Waals surface area (Å²) in [5, 5.41) is 1.92. The van der Waals surface area contributed by atoms with Crippen molar-refractivity contribution in [2.45, 2.75) is 26.3 Å². The zero-order chi connectivity index (χ0) is 14.3. The Morgan fingerprint density at radius 2 is 2.21 bits per heavy atom. The lowest BCUT2D eigenvalue weighted by atomic mass is 10.3. The number of sulfonamides is 1. The molecule has 0 spiro atoms. The Morgan fingerprint density at radius 3 is 2.74 bits per heavy atom. The second-order valence-corrected chi connectivity index (χ2v) is 7.12. The molecule has 0 aliphatic heterocycles. The van der Waals surface area contributed by atoms with Crippen molar-refractivity contribution >= 4 is 27.3 Å². The number of ether oxygens (including phenoxy) is 1. The molecule has 19 heavy (non-hydrogen) atoms. The van der Waals surface area contributed by atoms with E-state index in [-0.39, 0.29) is 24.6 Å². The Hall–Kier alpha value is -0.920. The van der Waals surface area contributed by atoms with Gasteiger partial charge < -0.3 is 4.74 Å². The van der Waals surface area contributed by atoms with Gasteiger partial charge in [-0.25, -0.2) is 8.42 Å². The van der Waals surface area contributed by atoms with E-state index >= 15 is 0 Å². The molecule has 0 aliphatic carbocycles. The molecule has 0 amide bonds. The summed E-state index contributed by atoms with van der Waals surface area (Å²) >= 11 is 1.53. The molecule has 0 unspecified atom stereocenters. The molecule has 1 aromatic rings. The molecule has 0 aromatic carbocycles. The number of methoxy groups -OCH3 is 1. The Labute approximate surface area is 118 Å². The van der Waals surface area contributed by atoms with Crippen molar-refractivity contribution in [3.8, 4) is 0 Å². The number of hydrogen-bond donors (Lipinski definition) is 0. The number of rotatable bonds is 8. The van der Waals surface area contributed by atoms with Crippen LogP contribution in [0.15, 0.2) is 17.5 Å². The van der Waals surface area contributed by atoms with Gasteiger partial charge in [0.05, 0.1) is 12.9 Å². The topological polar surface area (TPSA) is 63.7 Å². The number of carbonyl (C=O) groups is 1. The van der Waals surface area contributed by atoms with E-state index in [1.807, 2.05) is 24.4 Å². The molecule has 0 bridgehead atoms. The highest BCUT2D eigenvalue weighted by Gasteiger charge is 2.21. The van der Waals surface area contributed by atoms with Crippen LogP contribution in [0.3, 0.4) is 0 Å². The molecule has 108 valence electrons. The number of thiophene rings is 1. The zero-order valence-corrected chi connectivity index (χ0v) is 12.8. The summed E-state index contributed by atoms with van der Waals surface area (Å²) in [4.78, 5) is 12.0. The number of carbonyl (C=O) groups excluding carboxylic acids is 1. The van der Waals surface area contributed by atoms with E-state index < -0.39 is 10.0 Å². The lowest BCUT2D eigenvalue weighted by Crippen LogP contribution is -2.32. The minimum Gasteiger partial charge on any atom is -0.469 e. The molecule has 5 nitrogen and oxygen atoms in total. The SMILES string of the molecule is CCN(Cc1cccs1)S(=O)(=O)CCCC(=O)OC. The van der Waals surface area contributed by atoms with Crippen LogP contribution in [0.1, 0.15) is 24.6 Å². The third-order valence-corrected chi connectivity index (χ3v) is 5.51. The number of esters is 1. The predicted octanol–water partition coefficient (Wildman–Crippen LogP) is 1.85. The van der Waals surface area contributed by atoms with Gasteiger partial charge in [-0.2, -0.15) is 4.31 Å². The highest BCUT2D eigenvalue weighted by Crippen LogP contribution is 2.15. The molecule has 0 N–H and O–H groups in total. The van der Waals surface area contributed by atoms with Crippen molar-refractivity contribution in [2.24, 2.45) is 0 Å². The molecule has 0 saturated carbocycles. The van der Waals surface area contributed by atoms with Gasteiger partial charge in [-0.05, 0) is 17.9 Å². The summed E-state index contributed by atoms with van der Waals surface area (Å²) in [6.45, 7) is 2.64. The van der Waals surface area contributed by atoms with E-state index in [1.165, 1.54) is 22.8 Å². The standard InChI is InChI=1S/C12H19NO4S2/c1-3-13(10-11-6-4-8-18-11)19(15,16)9-5-7-12(14)17-2/h4,6,8H,3,5,7,9-10H2,1-2H3. The van der Waals surface area contributed by atoms with E-state index in [2.05, 4.69) is 4.74 Å². The maximum atomic E-state index is 12.1. The van der Waals surface area contributed by atoms with E-state index in [4.69, 9.17) is 0 Å². The Balaban J connectivity index is 2.55. The number of hydrogen-bond acceptors (Lipinski definition) is 5. The van der Waals surface area contributed by atoms with Gasteiger partial charge >= 0.3 is 5.97 Å². The molecule has 0 atom stereocenters. The number of nitrogens with zero attached hydrogens (tertiary/aromatic N) is 1. The van der Waals surface area contributed by atoms with Crippen LogP contribution < -0.4 is 0 Å². The van der Waals surface area contributed by atoms with Crippen molar-refractivity contribution in [1.29, 1.82) is 0 Å². The maximum absolute atomic E-state index is 12.1. The van der Waals surface area contributed by atoms with E-state index in [0.29, 0.717) is 13.1 Å². The molecule has 1 aromatic heterocycles. The fourth-order valence-corrected chi connectivity index (χ4v) is 3.91. The van der Waals surface area contributed by atoms with Gasteiger partial charge in [-0.3, -0.25) is 4.79 Å². The van der Waals surface area contributed by atoms with Gasteiger partial charge in [0.15, 0.2) is 0 Å². The van der Waals surface area contributed by atoms with Crippen molar-refractivity contribution in [1.82, 2.24) is 4.31 Å². The predicted molar refractivity (Wildman–Crippen MR) is 75.4 cm³/mol. The summed E-state index contributed by atoms with van der Waals surface area (Å²) in [6, 6.07) is 3.81. The molecule has 0 radical (unpaired) electrons. The van der Waals surface area contributed by atoms with Crippen LogP contribution in [0, 0.1) is 0 Å². The minimum atomic E-state index is -3.32. The first-order chi connectivity index (χ1) is 8.99. The van der Waals surface area contributed by atoms with Crippen LogP contribution in [-0.4, -0.2) is 38.1 Å². The average molecular weight is 305 g/mol. The highest BCUT2D eigenvalue weighted by molar-refractivity contribution is 7.89. The van der Waals surface area contributed by atoms with E-state index in [0.717, 1.165) is 4.88 Å². The molecule has 7 heteroatoms. The van der Waals surface area contributed by atoms with Gasteiger partial charge in [0.1, 0.15) is 0 Å². The van der Waals surface area contributed by atoms with Crippen LogP contribution in [0.5, 0.6) is 0 Å². The molecule has 0 saturated heterocycles. The first-order valence-corrected chi connectivity index (χ1v) is 8.55. The average Bonchev–Trinajstić information content (AvgIpc) is 2.88. The first-order valence-electron chi connectivity index (χ1n) is 6.06. The Kier molecular flexibility index (Phi) is 6.47. The van der Waals surface area contributed by atoms with Gasteiger partial charge in [0.2, 0.25) is 10.0 Å². The summed E-state index contributed by atoms with van der Waals surface area (Å²) in [5.41, 5.74) is 0. The van der Waals surface area contributed by atoms with Crippen molar-refractivity contribution in [2.75, 3.05) is 19.4 Å². The van der Waals surface area contributed by atoms with E-state index in [1.54, 1.807) is 0 Å². The summed E-state index contributed by atoms with van der Waals surface area (Å²) in [6.07, 6.45) is 0.419.